The van der Waals surface area contributed by atoms with E-state index in [1.54, 1.807) is 0 Å². The summed E-state index contributed by atoms with van der Waals surface area (Å²) in [6, 6.07) is 0. The molecule has 0 amide bonds. The molecule has 0 bridgehead atoms. The minimum absolute atomic E-state index is 0.347. The van der Waals surface area contributed by atoms with Gasteiger partial charge in [-0.15, -0.1) is 11.3 Å². The van der Waals surface area contributed by atoms with E-state index in [2.05, 4.69) is 36.0 Å². The molecule has 1 atom stereocenters. The molecular weight excluding hydrogens is 242 g/mol. The van der Waals surface area contributed by atoms with Crippen LogP contribution < -0.4 is 5.32 Å². The molecule has 100 valence electrons. The molecule has 3 rings (SSSR count). The van der Waals surface area contributed by atoms with Crippen LogP contribution in [0.15, 0.2) is 0 Å². The molecule has 1 aliphatic heterocycles. The normalized spacial score (nSPS) is 29.7. The van der Waals surface area contributed by atoms with Crippen molar-refractivity contribution in [3.63, 3.8) is 0 Å². The second-order valence-electron chi connectivity index (χ2n) is 6.08. The molecule has 0 spiro atoms. The van der Waals surface area contributed by atoms with Gasteiger partial charge in [0.1, 0.15) is 5.01 Å². The molecule has 3 nitrogen and oxygen atoms in total. The van der Waals surface area contributed by atoms with Gasteiger partial charge in [-0.2, -0.15) is 0 Å². The fourth-order valence-electron chi connectivity index (χ4n) is 3.03. The third kappa shape index (κ3) is 2.46. The van der Waals surface area contributed by atoms with Gasteiger partial charge in [0, 0.05) is 30.1 Å². The van der Waals surface area contributed by atoms with E-state index in [0.29, 0.717) is 5.54 Å². The van der Waals surface area contributed by atoms with E-state index < -0.39 is 0 Å². The van der Waals surface area contributed by atoms with Gasteiger partial charge in [0.05, 0.1) is 12.2 Å². The molecule has 1 unspecified atom stereocenters. The van der Waals surface area contributed by atoms with E-state index >= 15 is 0 Å². The average Bonchev–Trinajstić information content (AvgIpc) is 3.08. The number of thiazole rings is 1. The van der Waals surface area contributed by atoms with Crippen molar-refractivity contribution < 1.29 is 0 Å². The fraction of sp³-hybridized carbons (Fsp3) is 0.786. The van der Waals surface area contributed by atoms with Crippen molar-refractivity contribution in [3.05, 3.63) is 15.6 Å². The minimum Gasteiger partial charge on any atom is -0.309 e. The van der Waals surface area contributed by atoms with Gasteiger partial charge >= 0.3 is 0 Å². The highest BCUT2D eigenvalue weighted by Gasteiger charge is 2.43. The van der Waals surface area contributed by atoms with Crippen LogP contribution in [0, 0.1) is 19.8 Å². The summed E-state index contributed by atoms with van der Waals surface area (Å²) in [6.45, 7) is 11.2. The molecule has 1 aromatic rings. The van der Waals surface area contributed by atoms with E-state index in [-0.39, 0.29) is 0 Å². The maximum Gasteiger partial charge on any atom is 0.107 e. The zero-order valence-electron chi connectivity index (χ0n) is 11.6. The monoisotopic (exact) mass is 265 g/mol. The summed E-state index contributed by atoms with van der Waals surface area (Å²) in [5.74, 6) is 0.903. The van der Waals surface area contributed by atoms with Crippen LogP contribution in [0.4, 0.5) is 0 Å². The number of nitrogens with zero attached hydrogens (tertiary/aromatic N) is 2. The lowest BCUT2D eigenvalue weighted by Gasteiger charge is -2.41. The first kappa shape index (κ1) is 12.6. The van der Waals surface area contributed by atoms with E-state index in [9.17, 15) is 0 Å². The lowest BCUT2D eigenvalue weighted by Crippen LogP contribution is -2.59. The summed E-state index contributed by atoms with van der Waals surface area (Å²) in [6.07, 6.45) is 2.82. The zero-order chi connectivity index (χ0) is 12.8. The number of piperazine rings is 1. The first-order valence-electron chi connectivity index (χ1n) is 6.97. The molecule has 1 saturated heterocycles. The van der Waals surface area contributed by atoms with Gasteiger partial charge in [-0.3, -0.25) is 4.90 Å². The van der Waals surface area contributed by atoms with E-state index in [1.165, 1.54) is 35.0 Å². The Hall–Kier alpha value is -0.450. The predicted octanol–water partition coefficient (Wildman–Crippen LogP) is 2.33. The standard InChI is InChI=1S/C14H23N3S/c1-10-11(2)18-13(16-10)8-17-7-6-15-14(3,9-17)12-4-5-12/h12,15H,4-9H2,1-3H3. The van der Waals surface area contributed by atoms with Crippen molar-refractivity contribution in [2.24, 2.45) is 5.92 Å². The van der Waals surface area contributed by atoms with Crippen LogP contribution in [0.25, 0.3) is 0 Å². The van der Waals surface area contributed by atoms with Crippen molar-refractivity contribution in [2.75, 3.05) is 19.6 Å². The van der Waals surface area contributed by atoms with Gasteiger partial charge in [0.15, 0.2) is 0 Å². The van der Waals surface area contributed by atoms with Crippen LogP contribution in [-0.4, -0.2) is 35.1 Å². The van der Waals surface area contributed by atoms with E-state index in [0.717, 1.165) is 25.6 Å². The minimum atomic E-state index is 0.347. The molecule has 0 radical (unpaired) electrons. The van der Waals surface area contributed by atoms with Crippen LogP contribution in [0.1, 0.15) is 35.3 Å². The third-order valence-electron chi connectivity index (χ3n) is 4.42. The van der Waals surface area contributed by atoms with Gasteiger partial charge in [-0.05, 0) is 39.5 Å². The summed E-state index contributed by atoms with van der Waals surface area (Å²) in [7, 11) is 0. The van der Waals surface area contributed by atoms with Crippen molar-refractivity contribution in [3.8, 4) is 0 Å². The zero-order valence-corrected chi connectivity index (χ0v) is 12.4. The van der Waals surface area contributed by atoms with Gasteiger partial charge in [0.25, 0.3) is 0 Å². The second-order valence-corrected chi connectivity index (χ2v) is 7.37. The Balaban J connectivity index is 1.65. The van der Waals surface area contributed by atoms with Gasteiger partial charge in [-0.1, -0.05) is 0 Å². The highest BCUT2D eigenvalue weighted by molar-refractivity contribution is 7.11. The Bertz CT molecular complexity index is 419. The number of aryl methyl sites for hydroxylation is 2. The summed E-state index contributed by atoms with van der Waals surface area (Å²) in [4.78, 5) is 8.61. The number of hydrogen-bond donors (Lipinski definition) is 1. The Morgan fingerprint density at radius 2 is 2.22 bits per heavy atom. The van der Waals surface area contributed by atoms with Crippen molar-refractivity contribution in [1.82, 2.24) is 15.2 Å². The maximum atomic E-state index is 4.67. The molecule has 1 aliphatic carbocycles. The quantitative estimate of drug-likeness (QED) is 0.909. The molecule has 2 aliphatic rings. The summed E-state index contributed by atoms with van der Waals surface area (Å²) < 4.78 is 0. The highest BCUT2D eigenvalue weighted by atomic mass is 32.1. The Morgan fingerprint density at radius 1 is 1.44 bits per heavy atom. The second kappa shape index (κ2) is 4.58. The SMILES string of the molecule is Cc1nc(CN2CCNC(C)(C3CC3)C2)sc1C. The Labute approximate surface area is 114 Å². The number of aromatic nitrogens is 1. The lowest BCUT2D eigenvalue weighted by atomic mass is 9.93. The first-order valence-corrected chi connectivity index (χ1v) is 7.79. The summed E-state index contributed by atoms with van der Waals surface area (Å²) >= 11 is 1.86. The molecule has 1 N–H and O–H groups in total. The maximum absolute atomic E-state index is 4.67. The molecule has 18 heavy (non-hydrogen) atoms. The molecule has 2 fully saturated rings. The molecular formula is C14H23N3S. The van der Waals surface area contributed by atoms with Gasteiger partial charge < -0.3 is 5.32 Å². The number of hydrogen-bond acceptors (Lipinski definition) is 4. The Kier molecular flexibility index (Phi) is 3.20. The third-order valence-corrected chi connectivity index (χ3v) is 5.48. The first-order chi connectivity index (χ1) is 8.57. The fourth-order valence-corrected chi connectivity index (χ4v) is 4.00. The molecule has 1 saturated carbocycles. The van der Waals surface area contributed by atoms with Crippen molar-refractivity contribution >= 4 is 11.3 Å². The molecule has 0 aromatic carbocycles. The van der Waals surface area contributed by atoms with E-state index in [4.69, 9.17) is 0 Å². The van der Waals surface area contributed by atoms with Crippen molar-refractivity contribution in [1.29, 1.82) is 0 Å². The van der Waals surface area contributed by atoms with Crippen LogP contribution in [0.2, 0.25) is 0 Å². The topological polar surface area (TPSA) is 28.2 Å². The summed E-state index contributed by atoms with van der Waals surface area (Å²) in [5, 5.41) is 5.01. The van der Waals surface area contributed by atoms with Crippen molar-refractivity contribution in [2.45, 2.75) is 45.7 Å². The molecule has 1 aromatic heterocycles. The predicted molar refractivity (Wildman–Crippen MR) is 76.0 cm³/mol. The van der Waals surface area contributed by atoms with Crippen LogP contribution in [-0.2, 0) is 6.54 Å². The van der Waals surface area contributed by atoms with Gasteiger partial charge in [0.2, 0.25) is 0 Å². The summed E-state index contributed by atoms with van der Waals surface area (Å²) in [5.41, 5.74) is 1.55. The molecule has 4 heteroatoms. The smallest absolute Gasteiger partial charge is 0.107 e. The van der Waals surface area contributed by atoms with Gasteiger partial charge in [-0.25, -0.2) is 4.98 Å². The Morgan fingerprint density at radius 3 is 2.83 bits per heavy atom. The van der Waals surface area contributed by atoms with Crippen LogP contribution in [0.5, 0.6) is 0 Å². The number of rotatable bonds is 3. The van der Waals surface area contributed by atoms with E-state index in [1.807, 2.05) is 11.3 Å². The lowest BCUT2D eigenvalue weighted by molar-refractivity contribution is 0.121. The van der Waals surface area contributed by atoms with Crippen LogP contribution >= 0.6 is 11.3 Å². The molecule has 2 heterocycles. The van der Waals surface area contributed by atoms with Crippen LogP contribution in [0.3, 0.4) is 0 Å². The average molecular weight is 265 g/mol. The highest BCUT2D eigenvalue weighted by Crippen LogP contribution is 2.40. The number of nitrogens with one attached hydrogen (secondary N) is 1. The largest absolute Gasteiger partial charge is 0.309 e.